The van der Waals surface area contributed by atoms with Crippen LogP contribution in [0.2, 0.25) is 0 Å². The summed E-state index contributed by atoms with van der Waals surface area (Å²) >= 11 is 0. The first-order valence-electron chi connectivity index (χ1n) is 6.85. The van der Waals surface area contributed by atoms with Gasteiger partial charge >= 0.3 is 0 Å². The van der Waals surface area contributed by atoms with Crippen molar-refractivity contribution in [2.75, 3.05) is 18.2 Å². The molecule has 3 aliphatic rings. The maximum Gasteiger partial charge on any atom is 0.215 e. The van der Waals surface area contributed by atoms with E-state index in [1.165, 1.54) is 19.3 Å². The second-order valence-corrected chi connectivity index (χ2v) is 5.95. The molecular formula is C14H19N3O. The van der Waals surface area contributed by atoms with E-state index >= 15 is 0 Å². The Labute approximate surface area is 107 Å². The summed E-state index contributed by atoms with van der Waals surface area (Å²) in [6.07, 6.45) is 4.34. The number of aromatic nitrogens is 1. The molecule has 18 heavy (non-hydrogen) atoms. The van der Waals surface area contributed by atoms with Crippen LogP contribution in [0.1, 0.15) is 19.3 Å². The topological polar surface area (TPSA) is 60.2 Å². The highest BCUT2D eigenvalue weighted by atomic mass is 16.5. The second-order valence-electron chi connectivity index (χ2n) is 5.95. The zero-order valence-electron chi connectivity index (χ0n) is 10.6. The van der Waals surface area contributed by atoms with Gasteiger partial charge in [0, 0.05) is 12.1 Å². The van der Waals surface area contributed by atoms with Gasteiger partial charge in [-0.3, -0.25) is 0 Å². The van der Waals surface area contributed by atoms with Crippen molar-refractivity contribution >= 4 is 11.5 Å². The lowest BCUT2D eigenvalue weighted by molar-refractivity contribution is 0.398. The number of nitrogens with two attached hydrogens (primary N) is 1. The van der Waals surface area contributed by atoms with Crippen LogP contribution in [0, 0.1) is 23.7 Å². The molecule has 1 aromatic heterocycles. The first kappa shape index (κ1) is 10.5. The molecule has 0 radical (unpaired) electrons. The molecule has 4 rings (SSSR count). The molecule has 96 valence electrons. The molecule has 0 aromatic carbocycles. The fourth-order valence-electron chi connectivity index (χ4n) is 4.36. The number of hydrogen-bond donors (Lipinski definition) is 2. The number of fused-ring (bicyclic) bond motifs is 5. The summed E-state index contributed by atoms with van der Waals surface area (Å²) < 4.78 is 5.15. The highest BCUT2D eigenvalue weighted by Crippen LogP contribution is 2.66. The molecular weight excluding hydrogens is 226 g/mol. The van der Waals surface area contributed by atoms with Gasteiger partial charge in [0.15, 0.2) is 5.82 Å². The fraction of sp³-hybridized carbons (Fsp3) is 0.643. The van der Waals surface area contributed by atoms with Crippen LogP contribution < -0.4 is 15.8 Å². The number of nitrogen functional groups attached to an aromatic ring is 1. The maximum atomic E-state index is 5.97. The van der Waals surface area contributed by atoms with Crippen LogP contribution >= 0.6 is 0 Å². The third kappa shape index (κ3) is 1.35. The van der Waals surface area contributed by atoms with Crippen molar-refractivity contribution in [3.63, 3.8) is 0 Å². The van der Waals surface area contributed by atoms with Gasteiger partial charge in [0.05, 0.1) is 12.8 Å². The molecule has 4 unspecified atom stereocenters. The third-order valence-corrected chi connectivity index (χ3v) is 5.15. The Bertz CT molecular complexity index is 474. The van der Waals surface area contributed by atoms with Gasteiger partial charge in [-0.2, -0.15) is 4.98 Å². The van der Waals surface area contributed by atoms with E-state index in [2.05, 4.69) is 10.3 Å². The second kappa shape index (κ2) is 3.53. The summed E-state index contributed by atoms with van der Waals surface area (Å²) in [5, 5.41) is 3.55. The third-order valence-electron chi connectivity index (χ3n) is 5.15. The van der Waals surface area contributed by atoms with E-state index in [1.54, 1.807) is 13.2 Å². The molecule has 4 nitrogen and oxygen atoms in total. The minimum absolute atomic E-state index is 0.609. The van der Waals surface area contributed by atoms with Crippen LogP contribution in [0.4, 0.5) is 11.5 Å². The van der Waals surface area contributed by atoms with Crippen molar-refractivity contribution in [1.82, 2.24) is 4.98 Å². The number of anilines is 2. The van der Waals surface area contributed by atoms with Gasteiger partial charge in [-0.15, -0.1) is 0 Å². The average molecular weight is 245 g/mol. The Morgan fingerprint density at radius 2 is 2.00 bits per heavy atom. The molecule has 2 bridgehead atoms. The van der Waals surface area contributed by atoms with Gasteiger partial charge in [-0.25, -0.2) is 0 Å². The average Bonchev–Trinajstić information content (AvgIpc) is 2.79. The predicted octanol–water partition coefficient (Wildman–Crippen LogP) is 2.13. The van der Waals surface area contributed by atoms with Crippen LogP contribution in [0.5, 0.6) is 5.88 Å². The smallest absolute Gasteiger partial charge is 0.215 e. The lowest BCUT2D eigenvalue weighted by atomic mass is 10.0. The molecule has 0 aliphatic heterocycles. The number of hydrogen-bond acceptors (Lipinski definition) is 4. The Morgan fingerprint density at radius 1 is 1.28 bits per heavy atom. The summed E-state index contributed by atoms with van der Waals surface area (Å²) in [7, 11) is 1.63. The molecule has 0 spiro atoms. The number of nitrogens with zero attached hydrogens (tertiary/aromatic N) is 1. The van der Waals surface area contributed by atoms with Crippen molar-refractivity contribution < 1.29 is 4.74 Å². The minimum atomic E-state index is 0.609. The molecule has 3 aliphatic carbocycles. The number of ether oxygens (including phenoxy) is 1. The molecule has 3 N–H and O–H groups in total. The number of nitrogens with one attached hydrogen (secondary N) is 1. The number of methoxy groups -OCH3 is 1. The molecule has 1 aromatic rings. The van der Waals surface area contributed by atoms with E-state index in [1.807, 2.05) is 6.07 Å². The van der Waals surface area contributed by atoms with Crippen LogP contribution in [0.3, 0.4) is 0 Å². The summed E-state index contributed by atoms with van der Waals surface area (Å²) in [5.41, 5.74) is 6.69. The highest BCUT2D eigenvalue weighted by Gasteiger charge is 2.65. The minimum Gasteiger partial charge on any atom is -0.481 e. The van der Waals surface area contributed by atoms with Gasteiger partial charge in [0.25, 0.3) is 0 Å². The summed E-state index contributed by atoms with van der Waals surface area (Å²) in [6.45, 7) is 0. The van der Waals surface area contributed by atoms with Crippen molar-refractivity contribution in [3.8, 4) is 5.88 Å². The zero-order valence-corrected chi connectivity index (χ0v) is 10.6. The van der Waals surface area contributed by atoms with Crippen LogP contribution in [0.25, 0.3) is 0 Å². The standard InChI is InChI=1S/C14H19N3O/c1-18-10-5-4-9(15)14(16-10)17-13-11-7-2-3-8(6-7)12(11)13/h4-5,7-8,11-13H,2-3,6,15H2,1H3,(H,16,17). The van der Waals surface area contributed by atoms with Gasteiger partial charge in [0.2, 0.25) is 5.88 Å². The van der Waals surface area contributed by atoms with Crippen LogP contribution in [-0.2, 0) is 0 Å². The highest BCUT2D eigenvalue weighted by molar-refractivity contribution is 5.63. The van der Waals surface area contributed by atoms with Gasteiger partial charge in [-0.05, 0) is 49.0 Å². The maximum absolute atomic E-state index is 5.97. The van der Waals surface area contributed by atoms with E-state index in [4.69, 9.17) is 10.5 Å². The summed E-state index contributed by atoms with van der Waals surface area (Å²) in [6, 6.07) is 4.27. The van der Waals surface area contributed by atoms with Crippen molar-refractivity contribution in [2.24, 2.45) is 23.7 Å². The first-order chi connectivity index (χ1) is 8.78. The largest absolute Gasteiger partial charge is 0.481 e. The monoisotopic (exact) mass is 245 g/mol. The fourth-order valence-corrected chi connectivity index (χ4v) is 4.36. The van der Waals surface area contributed by atoms with Gasteiger partial charge < -0.3 is 15.8 Å². The lowest BCUT2D eigenvalue weighted by Crippen LogP contribution is -2.15. The number of pyridine rings is 1. The Balaban J connectivity index is 1.53. The molecule has 0 saturated heterocycles. The molecule has 1 heterocycles. The SMILES string of the molecule is COc1ccc(N)c(NC2C3C4CCC(C4)C23)n1. The Kier molecular flexibility index (Phi) is 2.05. The van der Waals surface area contributed by atoms with E-state index in [9.17, 15) is 0 Å². The summed E-state index contributed by atoms with van der Waals surface area (Å²) in [4.78, 5) is 4.41. The quantitative estimate of drug-likeness (QED) is 0.856. The lowest BCUT2D eigenvalue weighted by Gasteiger charge is -2.13. The molecule has 4 atom stereocenters. The molecule has 3 saturated carbocycles. The van der Waals surface area contributed by atoms with E-state index in [0.29, 0.717) is 17.6 Å². The van der Waals surface area contributed by atoms with Crippen LogP contribution in [-0.4, -0.2) is 18.1 Å². The predicted molar refractivity (Wildman–Crippen MR) is 70.4 cm³/mol. The molecule has 4 heteroatoms. The number of rotatable bonds is 3. The normalized spacial score (nSPS) is 39.5. The first-order valence-corrected chi connectivity index (χ1v) is 6.85. The van der Waals surface area contributed by atoms with E-state index in [-0.39, 0.29) is 0 Å². The van der Waals surface area contributed by atoms with E-state index in [0.717, 1.165) is 29.5 Å². The van der Waals surface area contributed by atoms with Crippen molar-refractivity contribution in [3.05, 3.63) is 12.1 Å². The zero-order chi connectivity index (χ0) is 12.3. The van der Waals surface area contributed by atoms with Crippen molar-refractivity contribution in [2.45, 2.75) is 25.3 Å². The Morgan fingerprint density at radius 3 is 2.67 bits per heavy atom. The van der Waals surface area contributed by atoms with Crippen LogP contribution in [0.15, 0.2) is 12.1 Å². The molecule has 3 fully saturated rings. The van der Waals surface area contributed by atoms with Gasteiger partial charge in [0.1, 0.15) is 0 Å². The Hall–Kier alpha value is -1.45. The summed E-state index contributed by atoms with van der Waals surface area (Å²) in [5.74, 6) is 5.12. The van der Waals surface area contributed by atoms with Crippen molar-refractivity contribution in [1.29, 1.82) is 0 Å². The molecule has 0 amide bonds. The van der Waals surface area contributed by atoms with Gasteiger partial charge in [-0.1, -0.05) is 0 Å². The van der Waals surface area contributed by atoms with E-state index < -0.39 is 0 Å².